The minimum Gasteiger partial charge on any atom is -0.394 e. The summed E-state index contributed by atoms with van der Waals surface area (Å²) in [4.78, 5) is 2.20. The fraction of sp³-hybridized carbons (Fsp3) is 0.545. The standard InChI is InChI=1S/C22H33N3O4S2/c1-21(2,16-26)23-14-19-15-24(31(28,29)20-6-5-13-30-20)11-12-25(19)18-9-7-17(8-10-18)22(3,4)27/h5-10,13,19,23,26-27H,11-12,14-16H2,1-4H3/t19-/m1/s1. The Balaban J connectivity index is 1.85. The van der Waals surface area contributed by atoms with Gasteiger partial charge in [-0.15, -0.1) is 11.3 Å². The van der Waals surface area contributed by atoms with Gasteiger partial charge in [0.25, 0.3) is 10.0 Å². The highest BCUT2D eigenvalue weighted by molar-refractivity contribution is 7.91. The van der Waals surface area contributed by atoms with E-state index < -0.39 is 21.2 Å². The van der Waals surface area contributed by atoms with Gasteiger partial charge >= 0.3 is 0 Å². The van der Waals surface area contributed by atoms with Crippen molar-refractivity contribution in [3.05, 3.63) is 47.3 Å². The molecule has 3 N–H and O–H groups in total. The van der Waals surface area contributed by atoms with Gasteiger partial charge in [0.05, 0.1) is 18.2 Å². The first-order valence-corrected chi connectivity index (χ1v) is 12.8. The Morgan fingerprint density at radius 3 is 2.35 bits per heavy atom. The Labute approximate surface area is 189 Å². The number of thiophene rings is 1. The maximum absolute atomic E-state index is 13.1. The molecule has 3 rings (SSSR count). The van der Waals surface area contributed by atoms with E-state index in [1.54, 1.807) is 35.7 Å². The van der Waals surface area contributed by atoms with Gasteiger partial charge in [0.1, 0.15) is 4.21 Å². The van der Waals surface area contributed by atoms with E-state index >= 15 is 0 Å². The molecule has 2 aromatic rings. The van der Waals surface area contributed by atoms with Crippen molar-refractivity contribution in [2.24, 2.45) is 0 Å². The third-order valence-corrected chi connectivity index (χ3v) is 8.89. The summed E-state index contributed by atoms with van der Waals surface area (Å²) < 4.78 is 28.1. The molecule has 2 heterocycles. The Bertz CT molecular complexity index is 952. The maximum atomic E-state index is 13.1. The smallest absolute Gasteiger partial charge is 0.252 e. The van der Waals surface area contributed by atoms with Gasteiger partial charge in [-0.3, -0.25) is 0 Å². The number of piperazine rings is 1. The summed E-state index contributed by atoms with van der Waals surface area (Å²) in [6.45, 7) is 9.14. The number of hydrogen-bond acceptors (Lipinski definition) is 7. The quantitative estimate of drug-likeness (QED) is 0.551. The van der Waals surface area contributed by atoms with E-state index in [4.69, 9.17) is 0 Å². The van der Waals surface area contributed by atoms with E-state index in [0.29, 0.717) is 30.4 Å². The Morgan fingerprint density at radius 2 is 1.81 bits per heavy atom. The molecule has 1 fully saturated rings. The predicted molar refractivity (Wildman–Crippen MR) is 125 cm³/mol. The molecule has 0 bridgehead atoms. The predicted octanol–water partition coefficient (Wildman–Crippen LogP) is 2.22. The molecule has 9 heteroatoms. The zero-order chi connectivity index (χ0) is 22.9. The fourth-order valence-corrected chi connectivity index (χ4v) is 6.22. The molecule has 1 aromatic heterocycles. The number of benzene rings is 1. The van der Waals surface area contributed by atoms with Crippen LogP contribution in [0.1, 0.15) is 33.3 Å². The van der Waals surface area contributed by atoms with Crippen molar-refractivity contribution in [1.29, 1.82) is 0 Å². The molecule has 0 radical (unpaired) electrons. The van der Waals surface area contributed by atoms with Gasteiger partial charge in [-0.2, -0.15) is 4.31 Å². The Kier molecular flexibility index (Phi) is 7.15. The van der Waals surface area contributed by atoms with Crippen molar-refractivity contribution in [2.75, 3.05) is 37.7 Å². The van der Waals surface area contributed by atoms with Gasteiger partial charge in [-0.05, 0) is 56.8 Å². The van der Waals surface area contributed by atoms with Gasteiger partial charge in [0.2, 0.25) is 0 Å². The minimum atomic E-state index is -3.53. The molecule has 7 nitrogen and oxygen atoms in total. The number of aliphatic hydroxyl groups is 2. The van der Waals surface area contributed by atoms with E-state index in [2.05, 4.69) is 10.2 Å². The molecule has 1 aromatic carbocycles. The molecular formula is C22H33N3O4S2. The van der Waals surface area contributed by atoms with Gasteiger partial charge in [-0.25, -0.2) is 8.42 Å². The lowest BCUT2D eigenvalue weighted by Gasteiger charge is -2.43. The molecule has 31 heavy (non-hydrogen) atoms. The summed E-state index contributed by atoms with van der Waals surface area (Å²) >= 11 is 1.23. The summed E-state index contributed by atoms with van der Waals surface area (Å²) in [5, 5.41) is 25.0. The Hall–Kier alpha value is -1.49. The summed E-state index contributed by atoms with van der Waals surface area (Å²) in [6, 6.07) is 11.0. The highest BCUT2D eigenvalue weighted by Crippen LogP contribution is 2.28. The lowest BCUT2D eigenvalue weighted by molar-refractivity contribution is 0.0786. The first kappa shape index (κ1) is 24.2. The third kappa shape index (κ3) is 5.66. The molecule has 1 aliphatic rings. The lowest BCUT2D eigenvalue weighted by atomic mass is 9.98. The van der Waals surface area contributed by atoms with Crippen LogP contribution in [0.15, 0.2) is 46.0 Å². The zero-order valence-corrected chi connectivity index (χ0v) is 20.2. The maximum Gasteiger partial charge on any atom is 0.252 e. The number of hydrogen-bond donors (Lipinski definition) is 3. The molecule has 1 atom stereocenters. The number of nitrogens with zero attached hydrogens (tertiary/aromatic N) is 2. The van der Waals surface area contributed by atoms with Crippen molar-refractivity contribution < 1.29 is 18.6 Å². The van der Waals surface area contributed by atoms with Crippen molar-refractivity contribution in [3.63, 3.8) is 0 Å². The molecule has 172 valence electrons. The number of sulfonamides is 1. The van der Waals surface area contributed by atoms with Crippen LogP contribution in [0.2, 0.25) is 0 Å². The molecule has 0 saturated carbocycles. The third-order valence-electron chi connectivity index (χ3n) is 5.65. The number of anilines is 1. The van der Waals surface area contributed by atoms with Crippen molar-refractivity contribution in [2.45, 2.75) is 49.1 Å². The van der Waals surface area contributed by atoms with Crippen LogP contribution in [-0.4, -0.2) is 67.3 Å². The SMILES string of the molecule is CC(C)(CO)NC[C@@H]1CN(S(=O)(=O)c2cccs2)CCN1c1ccc(C(C)(C)O)cc1. The van der Waals surface area contributed by atoms with Crippen LogP contribution in [0.5, 0.6) is 0 Å². The van der Waals surface area contributed by atoms with Crippen LogP contribution in [0.3, 0.4) is 0 Å². The van der Waals surface area contributed by atoms with Crippen LogP contribution < -0.4 is 10.2 Å². The molecule has 0 amide bonds. The van der Waals surface area contributed by atoms with E-state index in [1.807, 2.05) is 38.1 Å². The number of rotatable bonds is 8. The first-order chi connectivity index (χ1) is 14.4. The summed E-state index contributed by atoms with van der Waals surface area (Å²) in [5.41, 5.74) is 0.421. The summed E-state index contributed by atoms with van der Waals surface area (Å²) in [5.74, 6) is 0. The normalized spacial score (nSPS) is 19.0. The van der Waals surface area contributed by atoms with Crippen LogP contribution in [-0.2, 0) is 15.6 Å². The summed E-state index contributed by atoms with van der Waals surface area (Å²) in [7, 11) is -3.53. The second kappa shape index (κ2) is 9.17. The van der Waals surface area contributed by atoms with Crippen molar-refractivity contribution in [3.8, 4) is 0 Å². The second-order valence-corrected chi connectivity index (χ2v) is 12.3. The van der Waals surface area contributed by atoms with E-state index in [0.717, 1.165) is 11.3 Å². The largest absolute Gasteiger partial charge is 0.394 e. The van der Waals surface area contributed by atoms with Crippen LogP contribution in [0.25, 0.3) is 0 Å². The van der Waals surface area contributed by atoms with Crippen molar-refractivity contribution >= 4 is 27.0 Å². The van der Waals surface area contributed by atoms with Gasteiger partial charge < -0.3 is 20.4 Å². The van der Waals surface area contributed by atoms with Crippen LogP contribution in [0.4, 0.5) is 5.69 Å². The van der Waals surface area contributed by atoms with E-state index in [9.17, 15) is 18.6 Å². The zero-order valence-electron chi connectivity index (χ0n) is 18.6. The molecule has 1 saturated heterocycles. The number of nitrogens with one attached hydrogen (secondary N) is 1. The monoisotopic (exact) mass is 467 g/mol. The highest BCUT2D eigenvalue weighted by atomic mass is 32.2. The molecule has 0 unspecified atom stereocenters. The number of aliphatic hydroxyl groups excluding tert-OH is 1. The Morgan fingerprint density at radius 1 is 1.13 bits per heavy atom. The molecular weight excluding hydrogens is 434 g/mol. The fourth-order valence-electron chi connectivity index (χ4n) is 3.61. The van der Waals surface area contributed by atoms with E-state index in [-0.39, 0.29) is 12.6 Å². The van der Waals surface area contributed by atoms with Gasteiger partial charge in [0.15, 0.2) is 0 Å². The molecule has 0 aliphatic carbocycles. The van der Waals surface area contributed by atoms with Crippen LogP contribution in [0, 0.1) is 0 Å². The lowest BCUT2D eigenvalue weighted by Crippen LogP contribution is -2.60. The molecule has 0 spiro atoms. The first-order valence-electron chi connectivity index (χ1n) is 10.4. The average molecular weight is 468 g/mol. The highest BCUT2D eigenvalue weighted by Gasteiger charge is 2.35. The van der Waals surface area contributed by atoms with E-state index in [1.165, 1.54) is 11.3 Å². The van der Waals surface area contributed by atoms with Gasteiger partial charge in [0, 0.05) is 37.4 Å². The minimum absolute atomic E-state index is 0.0167. The second-order valence-electron chi connectivity index (χ2n) is 9.17. The topological polar surface area (TPSA) is 93.1 Å². The van der Waals surface area contributed by atoms with Crippen LogP contribution >= 0.6 is 11.3 Å². The molecule has 1 aliphatic heterocycles. The van der Waals surface area contributed by atoms with Gasteiger partial charge in [-0.1, -0.05) is 18.2 Å². The van der Waals surface area contributed by atoms with Crippen molar-refractivity contribution in [1.82, 2.24) is 9.62 Å². The summed E-state index contributed by atoms with van der Waals surface area (Å²) in [6.07, 6.45) is 0. The average Bonchev–Trinajstić information content (AvgIpc) is 3.27.